The molecule has 1 heterocycles. The van der Waals surface area contributed by atoms with Gasteiger partial charge in [0.1, 0.15) is 16.8 Å². The van der Waals surface area contributed by atoms with Crippen LogP contribution >= 0.6 is 23.4 Å². The van der Waals surface area contributed by atoms with Gasteiger partial charge in [-0.3, -0.25) is 4.79 Å². The third-order valence-corrected chi connectivity index (χ3v) is 5.41. The number of nitrogens with one attached hydrogen (secondary N) is 1. The fourth-order valence-corrected chi connectivity index (χ4v) is 3.77. The van der Waals surface area contributed by atoms with Crippen molar-refractivity contribution in [2.75, 3.05) is 23.8 Å². The van der Waals surface area contributed by atoms with Crippen LogP contribution in [0, 0.1) is 5.82 Å². The highest BCUT2D eigenvalue weighted by Gasteiger charge is 2.09. The van der Waals surface area contributed by atoms with E-state index in [1.807, 2.05) is 24.1 Å². The molecule has 0 aliphatic carbocycles. The summed E-state index contributed by atoms with van der Waals surface area (Å²) in [5.74, 6) is 0.856. The Kier molecular flexibility index (Phi) is 7.65. The summed E-state index contributed by atoms with van der Waals surface area (Å²) in [7, 11) is 1.98. The van der Waals surface area contributed by atoms with E-state index >= 15 is 0 Å². The van der Waals surface area contributed by atoms with E-state index in [1.165, 1.54) is 36.0 Å². The van der Waals surface area contributed by atoms with Gasteiger partial charge in [-0.05, 0) is 48.4 Å². The highest BCUT2D eigenvalue weighted by atomic mass is 35.5. The molecule has 0 saturated heterocycles. The quantitative estimate of drug-likeness (QED) is 0.276. The Balaban J connectivity index is 1.60. The van der Waals surface area contributed by atoms with E-state index in [2.05, 4.69) is 22.2 Å². The molecule has 5 nitrogen and oxygen atoms in total. The molecule has 30 heavy (non-hydrogen) atoms. The molecule has 3 aromatic rings. The van der Waals surface area contributed by atoms with E-state index in [1.54, 1.807) is 18.2 Å². The molecule has 0 unspecified atom stereocenters. The van der Waals surface area contributed by atoms with Crippen molar-refractivity contribution in [3.63, 3.8) is 0 Å². The first kappa shape index (κ1) is 22.1. The molecule has 0 spiro atoms. The number of carbonyl (C=O) groups is 1. The number of halogens is 2. The molecule has 1 aromatic heterocycles. The van der Waals surface area contributed by atoms with Crippen LogP contribution in [0.2, 0.25) is 5.15 Å². The van der Waals surface area contributed by atoms with Crippen molar-refractivity contribution in [2.45, 2.75) is 24.3 Å². The van der Waals surface area contributed by atoms with Crippen LogP contribution < -0.4 is 10.2 Å². The number of benzene rings is 2. The van der Waals surface area contributed by atoms with E-state index in [9.17, 15) is 9.18 Å². The van der Waals surface area contributed by atoms with Crippen LogP contribution in [0.4, 0.5) is 15.9 Å². The first-order valence-electron chi connectivity index (χ1n) is 9.49. The highest BCUT2D eigenvalue weighted by Crippen LogP contribution is 2.24. The van der Waals surface area contributed by atoms with Gasteiger partial charge < -0.3 is 10.2 Å². The van der Waals surface area contributed by atoms with Gasteiger partial charge in [0, 0.05) is 36.7 Å². The first-order chi connectivity index (χ1) is 14.4. The topological polar surface area (TPSA) is 58.1 Å². The molecule has 8 heteroatoms. The second-order valence-electron chi connectivity index (χ2n) is 6.70. The standard InChI is InChI=1S/C22H22ClFN4OS/c1-3-12-28(2)20-13-19(23)26-22(27-20)30-14-15-4-6-16(7-5-15)21(29)25-18-10-8-17(24)9-11-18/h4-11,13H,3,12,14H2,1-2H3,(H,25,29). The predicted octanol–water partition coefficient (Wildman–Crippen LogP) is 5.66. The third-order valence-electron chi connectivity index (χ3n) is 4.30. The van der Waals surface area contributed by atoms with Crippen LogP contribution in [0.3, 0.4) is 0 Å². The van der Waals surface area contributed by atoms with Crippen molar-refractivity contribution in [2.24, 2.45) is 0 Å². The molecule has 2 aromatic carbocycles. The van der Waals surface area contributed by atoms with Crippen LogP contribution in [0.15, 0.2) is 59.8 Å². The van der Waals surface area contributed by atoms with Gasteiger partial charge in [0.25, 0.3) is 5.91 Å². The SMILES string of the molecule is CCCN(C)c1cc(Cl)nc(SCc2ccc(C(=O)Nc3ccc(F)cc3)cc2)n1. The fourth-order valence-electron chi connectivity index (χ4n) is 2.73. The number of hydrogen-bond donors (Lipinski definition) is 1. The predicted molar refractivity (Wildman–Crippen MR) is 121 cm³/mol. The smallest absolute Gasteiger partial charge is 0.255 e. The van der Waals surface area contributed by atoms with Crippen molar-refractivity contribution < 1.29 is 9.18 Å². The maximum absolute atomic E-state index is 13.0. The van der Waals surface area contributed by atoms with E-state index in [0.29, 0.717) is 27.3 Å². The molecular weight excluding hydrogens is 423 g/mol. The van der Waals surface area contributed by atoms with Crippen molar-refractivity contribution in [1.82, 2.24) is 9.97 Å². The minimum absolute atomic E-state index is 0.248. The van der Waals surface area contributed by atoms with Crippen molar-refractivity contribution in [3.8, 4) is 0 Å². The Morgan fingerprint density at radius 2 is 1.83 bits per heavy atom. The van der Waals surface area contributed by atoms with Gasteiger partial charge in [-0.2, -0.15) is 0 Å². The molecule has 3 rings (SSSR count). The Bertz CT molecular complexity index is 999. The molecule has 0 atom stereocenters. The number of carbonyl (C=O) groups excluding carboxylic acids is 1. The number of amides is 1. The van der Waals surface area contributed by atoms with Gasteiger partial charge in [0.05, 0.1) is 0 Å². The second kappa shape index (κ2) is 10.4. The molecule has 0 aliphatic heterocycles. The third kappa shape index (κ3) is 6.18. The fraction of sp³-hybridized carbons (Fsp3) is 0.227. The van der Waals surface area contributed by atoms with E-state index in [0.717, 1.165) is 24.3 Å². The van der Waals surface area contributed by atoms with Crippen LogP contribution in [0.5, 0.6) is 0 Å². The van der Waals surface area contributed by atoms with Crippen LogP contribution in [-0.2, 0) is 5.75 Å². The first-order valence-corrected chi connectivity index (χ1v) is 10.9. The van der Waals surface area contributed by atoms with E-state index in [-0.39, 0.29) is 11.7 Å². The minimum Gasteiger partial charge on any atom is -0.360 e. The van der Waals surface area contributed by atoms with Crippen LogP contribution in [-0.4, -0.2) is 29.5 Å². The summed E-state index contributed by atoms with van der Waals surface area (Å²) in [6.07, 6.45) is 1.02. The lowest BCUT2D eigenvalue weighted by Crippen LogP contribution is -2.19. The zero-order chi connectivity index (χ0) is 21.5. The Hall–Kier alpha value is -2.64. The van der Waals surface area contributed by atoms with Gasteiger partial charge in [-0.15, -0.1) is 0 Å². The van der Waals surface area contributed by atoms with Crippen LogP contribution in [0.25, 0.3) is 0 Å². The lowest BCUT2D eigenvalue weighted by Gasteiger charge is -2.17. The molecule has 1 N–H and O–H groups in total. The molecule has 0 bridgehead atoms. The number of rotatable bonds is 8. The number of anilines is 2. The summed E-state index contributed by atoms with van der Waals surface area (Å²) in [5, 5.41) is 3.77. The Morgan fingerprint density at radius 1 is 1.13 bits per heavy atom. The van der Waals surface area contributed by atoms with Crippen molar-refractivity contribution in [3.05, 3.63) is 76.7 Å². The summed E-state index contributed by atoms with van der Waals surface area (Å²) >= 11 is 7.64. The largest absolute Gasteiger partial charge is 0.360 e. The average molecular weight is 445 g/mol. The maximum Gasteiger partial charge on any atom is 0.255 e. The molecule has 1 amide bonds. The molecule has 0 saturated carbocycles. The molecule has 156 valence electrons. The lowest BCUT2D eigenvalue weighted by molar-refractivity contribution is 0.102. The summed E-state index contributed by atoms with van der Waals surface area (Å²) in [6, 6.07) is 14.7. The van der Waals surface area contributed by atoms with Gasteiger partial charge in [-0.1, -0.05) is 42.4 Å². The number of thioether (sulfide) groups is 1. The zero-order valence-corrected chi connectivity index (χ0v) is 18.3. The zero-order valence-electron chi connectivity index (χ0n) is 16.7. The van der Waals surface area contributed by atoms with Gasteiger partial charge in [0.2, 0.25) is 0 Å². The number of aromatic nitrogens is 2. The molecule has 0 fully saturated rings. The lowest BCUT2D eigenvalue weighted by atomic mass is 10.1. The van der Waals surface area contributed by atoms with E-state index in [4.69, 9.17) is 11.6 Å². The number of hydrogen-bond acceptors (Lipinski definition) is 5. The van der Waals surface area contributed by atoms with Gasteiger partial charge >= 0.3 is 0 Å². The average Bonchev–Trinajstić information content (AvgIpc) is 2.74. The molecule has 0 aliphatic rings. The Morgan fingerprint density at radius 3 is 2.50 bits per heavy atom. The van der Waals surface area contributed by atoms with Crippen LogP contribution in [0.1, 0.15) is 29.3 Å². The highest BCUT2D eigenvalue weighted by molar-refractivity contribution is 7.98. The minimum atomic E-state index is -0.345. The van der Waals surface area contributed by atoms with Gasteiger partial charge in [-0.25, -0.2) is 14.4 Å². The number of nitrogens with zero attached hydrogens (tertiary/aromatic N) is 3. The summed E-state index contributed by atoms with van der Waals surface area (Å²) < 4.78 is 13.0. The van der Waals surface area contributed by atoms with Crippen molar-refractivity contribution in [1.29, 1.82) is 0 Å². The van der Waals surface area contributed by atoms with Gasteiger partial charge in [0.15, 0.2) is 5.16 Å². The summed E-state index contributed by atoms with van der Waals surface area (Å²) in [6.45, 7) is 3.00. The Labute approximate surface area is 184 Å². The van der Waals surface area contributed by atoms with E-state index < -0.39 is 0 Å². The molecule has 0 radical (unpaired) electrons. The monoisotopic (exact) mass is 444 g/mol. The summed E-state index contributed by atoms with van der Waals surface area (Å²) in [5.41, 5.74) is 2.10. The maximum atomic E-state index is 13.0. The molecular formula is C22H22ClFN4OS. The normalized spacial score (nSPS) is 10.7. The second-order valence-corrected chi connectivity index (χ2v) is 8.03. The van der Waals surface area contributed by atoms with Crippen molar-refractivity contribution >= 4 is 40.8 Å². The summed E-state index contributed by atoms with van der Waals surface area (Å²) in [4.78, 5) is 23.2.